The Bertz CT molecular complexity index is 1240. The number of aromatic nitrogens is 4. The molecule has 12 heteroatoms. The average molecular weight is 494 g/mol. The second kappa shape index (κ2) is 9.26. The van der Waals surface area contributed by atoms with Crippen LogP contribution in [0.1, 0.15) is 38.0 Å². The second-order valence-corrected chi connectivity index (χ2v) is 10.8. The minimum Gasteiger partial charge on any atom is -0.377 e. The Kier molecular flexibility index (Phi) is 6.36. The molecular formula is C21H27N5O5S2. The monoisotopic (exact) mass is 493 g/mol. The van der Waals surface area contributed by atoms with Gasteiger partial charge in [0.15, 0.2) is 6.23 Å². The van der Waals surface area contributed by atoms with Crippen molar-refractivity contribution < 1.29 is 22.1 Å². The Morgan fingerprint density at radius 2 is 2.18 bits per heavy atom. The topological polar surface area (TPSA) is 109 Å². The maximum absolute atomic E-state index is 11.7. The fourth-order valence-corrected chi connectivity index (χ4v) is 5.44. The summed E-state index contributed by atoms with van der Waals surface area (Å²) >= 11 is 1.29. The van der Waals surface area contributed by atoms with Crippen LogP contribution in [0.5, 0.6) is 0 Å². The lowest BCUT2D eigenvalue weighted by Crippen LogP contribution is -2.44. The van der Waals surface area contributed by atoms with Crippen molar-refractivity contribution in [1.29, 1.82) is 0 Å². The normalized spacial score (nSPS) is 22.2. The largest absolute Gasteiger partial charge is 0.377 e. The standard InChI is InChI=1S/C21H27N5O5S2/c1-14-12-29-10-8-25(14)17-11-15(13-31-33(2,27)28)21-20(23-17)19(24-32-21)16-6-7-22-26(16)18-5-3-4-9-30-18/h6-7,11,14,18H,3-5,8-10,12-13H2,1-2H3/t14-,18?/m1/s1. The first-order chi connectivity index (χ1) is 15.9. The Hall–Kier alpha value is -2.12. The Balaban J connectivity index is 1.61. The van der Waals surface area contributed by atoms with Gasteiger partial charge in [0, 0.05) is 24.9 Å². The van der Waals surface area contributed by atoms with Crippen molar-refractivity contribution in [2.24, 2.45) is 0 Å². The van der Waals surface area contributed by atoms with Gasteiger partial charge in [-0.05, 0) is 49.9 Å². The maximum Gasteiger partial charge on any atom is 0.264 e. The summed E-state index contributed by atoms with van der Waals surface area (Å²) in [5.74, 6) is 0.756. The van der Waals surface area contributed by atoms with Crippen molar-refractivity contribution >= 4 is 37.7 Å². The summed E-state index contributed by atoms with van der Waals surface area (Å²) in [6, 6.07) is 3.97. The predicted octanol–water partition coefficient (Wildman–Crippen LogP) is 2.96. The fraction of sp³-hybridized carbons (Fsp3) is 0.571. The molecule has 33 heavy (non-hydrogen) atoms. The number of morpholine rings is 1. The van der Waals surface area contributed by atoms with E-state index >= 15 is 0 Å². The van der Waals surface area contributed by atoms with Gasteiger partial charge in [-0.15, -0.1) is 0 Å². The maximum atomic E-state index is 11.7. The summed E-state index contributed by atoms with van der Waals surface area (Å²) in [6.07, 6.45) is 5.72. The van der Waals surface area contributed by atoms with Crippen LogP contribution in [0, 0.1) is 0 Å². The number of fused-ring (bicyclic) bond motifs is 1. The molecular weight excluding hydrogens is 466 g/mol. The first-order valence-corrected chi connectivity index (χ1v) is 13.6. The van der Waals surface area contributed by atoms with E-state index in [1.165, 1.54) is 11.5 Å². The van der Waals surface area contributed by atoms with Crippen LogP contribution in [0.25, 0.3) is 21.6 Å². The van der Waals surface area contributed by atoms with Crippen LogP contribution in [0.4, 0.5) is 5.82 Å². The fourth-order valence-electron chi connectivity index (χ4n) is 4.28. The summed E-state index contributed by atoms with van der Waals surface area (Å²) in [5.41, 5.74) is 3.00. The first kappa shape index (κ1) is 22.7. The van der Waals surface area contributed by atoms with Gasteiger partial charge in [-0.3, -0.25) is 4.18 Å². The zero-order valence-electron chi connectivity index (χ0n) is 18.6. The van der Waals surface area contributed by atoms with E-state index in [9.17, 15) is 8.42 Å². The van der Waals surface area contributed by atoms with E-state index in [1.54, 1.807) is 6.20 Å². The predicted molar refractivity (Wildman–Crippen MR) is 125 cm³/mol. The summed E-state index contributed by atoms with van der Waals surface area (Å²) in [7, 11) is -3.60. The number of rotatable bonds is 6. The second-order valence-electron chi connectivity index (χ2n) is 8.41. The first-order valence-electron chi connectivity index (χ1n) is 11.0. The van der Waals surface area contributed by atoms with Crippen molar-refractivity contribution in [2.75, 3.05) is 37.5 Å². The molecule has 0 bridgehead atoms. The van der Waals surface area contributed by atoms with Gasteiger partial charge in [0.1, 0.15) is 17.0 Å². The number of hydrogen-bond donors (Lipinski definition) is 0. The summed E-state index contributed by atoms with van der Waals surface area (Å²) in [6.45, 7) is 4.64. The zero-order valence-corrected chi connectivity index (χ0v) is 20.3. The molecule has 0 spiro atoms. The third kappa shape index (κ3) is 4.76. The third-order valence-corrected chi connectivity index (χ3v) is 7.38. The van der Waals surface area contributed by atoms with Gasteiger partial charge in [0.25, 0.3) is 10.1 Å². The van der Waals surface area contributed by atoms with E-state index in [-0.39, 0.29) is 18.9 Å². The molecule has 3 aromatic rings. The number of ether oxygens (including phenoxy) is 2. The van der Waals surface area contributed by atoms with E-state index in [0.29, 0.717) is 37.6 Å². The van der Waals surface area contributed by atoms with Crippen molar-refractivity contribution in [3.63, 3.8) is 0 Å². The van der Waals surface area contributed by atoms with Crippen LogP contribution in [-0.2, 0) is 30.4 Å². The van der Waals surface area contributed by atoms with Gasteiger partial charge < -0.3 is 14.4 Å². The van der Waals surface area contributed by atoms with E-state index in [2.05, 4.69) is 16.9 Å². The van der Waals surface area contributed by atoms with E-state index in [1.807, 2.05) is 16.8 Å². The molecule has 0 N–H and O–H groups in total. The zero-order chi connectivity index (χ0) is 23.0. The van der Waals surface area contributed by atoms with Crippen LogP contribution in [0.3, 0.4) is 0 Å². The Morgan fingerprint density at radius 3 is 2.94 bits per heavy atom. The van der Waals surface area contributed by atoms with Crippen LogP contribution < -0.4 is 4.90 Å². The van der Waals surface area contributed by atoms with Crippen LogP contribution in [-0.4, -0.2) is 66.2 Å². The SMILES string of the molecule is C[C@@H]1COCCN1c1cc(COS(C)(=O)=O)c2snc(-c3ccnn3C3CCCCO3)c2n1. The van der Waals surface area contributed by atoms with Crippen molar-refractivity contribution in [2.45, 2.75) is 45.1 Å². The molecule has 10 nitrogen and oxygen atoms in total. The average Bonchev–Trinajstić information content (AvgIpc) is 3.44. The number of anilines is 1. The lowest BCUT2D eigenvalue weighted by atomic mass is 10.1. The molecule has 5 heterocycles. The van der Waals surface area contributed by atoms with Gasteiger partial charge in [-0.25, -0.2) is 9.67 Å². The van der Waals surface area contributed by atoms with Crippen LogP contribution in [0.2, 0.25) is 0 Å². The summed E-state index contributed by atoms with van der Waals surface area (Å²) < 4.78 is 47.5. The minimum atomic E-state index is -3.60. The lowest BCUT2D eigenvalue weighted by molar-refractivity contribution is -0.0383. The molecule has 3 aromatic heterocycles. The van der Waals surface area contributed by atoms with Gasteiger partial charge >= 0.3 is 0 Å². The number of pyridine rings is 1. The number of hydrogen-bond acceptors (Lipinski definition) is 10. The molecule has 0 aromatic carbocycles. The van der Waals surface area contributed by atoms with Crippen LogP contribution >= 0.6 is 11.5 Å². The molecule has 0 radical (unpaired) electrons. The van der Waals surface area contributed by atoms with Gasteiger partial charge in [0.05, 0.1) is 42.5 Å². The highest BCUT2D eigenvalue weighted by Crippen LogP contribution is 2.36. The molecule has 2 aliphatic rings. The summed E-state index contributed by atoms with van der Waals surface area (Å²) in [4.78, 5) is 7.16. The third-order valence-electron chi connectivity index (χ3n) is 5.92. The summed E-state index contributed by atoms with van der Waals surface area (Å²) in [5, 5.41) is 4.52. The molecule has 1 unspecified atom stereocenters. The molecule has 0 aliphatic carbocycles. The highest BCUT2D eigenvalue weighted by Gasteiger charge is 2.26. The molecule has 178 valence electrons. The van der Waals surface area contributed by atoms with Crippen molar-refractivity contribution in [3.05, 3.63) is 23.9 Å². The molecule has 0 amide bonds. The van der Waals surface area contributed by atoms with Gasteiger partial charge in [-0.1, -0.05) is 0 Å². The van der Waals surface area contributed by atoms with Crippen molar-refractivity contribution in [3.8, 4) is 11.4 Å². The van der Waals surface area contributed by atoms with Gasteiger partial charge in [0.2, 0.25) is 0 Å². The van der Waals surface area contributed by atoms with Crippen molar-refractivity contribution in [1.82, 2.24) is 19.1 Å². The van der Waals surface area contributed by atoms with Crippen LogP contribution in [0.15, 0.2) is 18.3 Å². The smallest absolute Gasteiger partial charge is 0.264 e. The molecule has 2 atom stereocenters. The lowest BCUT2D eigenvalue weighted by Gasteiger charge is -2.34. The highest BCUT2D eigenvalue weighted by atomic mass is 32.2. The molecule has 2 fully saturated rings. The molecule has 2 saturated heterocycles. The minimum absolute atomic E-state index is 0.0732. The highest BCUT2D eigenvalue weighted by molar-refractivity contribution is 7.85. The van der Waals surface area contributed by atoms with E-state index in [0.717, 1.165) is 47.3 Å². The Morgan fingerprint density at radius 1 is 1.30 bits per heavy atom. The van der Waals surface area contributed by atoms with E-state index in [4.69, 9.17) is 23.0 Å². The molecule has 2 aliphatic heterocycles. The molecule has 5 rings (SSSR count). The van der Waals surface area contributed by atoms with Gasteiger partial charge in [-0.2, -0.15) is 17.9 Å². The molecule has 0 saturated carbocycles. The quantitative estimate of drug-likeness (QED) is 0.479. The number of nitrogens with zero attached hydrogens (tertiary/aromatic N) is 5. The van der Waals surface area contributed by atoms with E-state index < -0.39 is 10.1 Å². The Labute approximate surface area is 196 Å².